The van der Waals surface area contributed by atoms with Gasteiger partial charge in [0, 0.05) is 18.7 Å². The van der Waals surface area contributed by atoms with Crippen LogP contribution in [0.3, 0.4) is 0 Å². The molecule has 1 N–H and O–H groups in total. The van der Waals surface area contributed by atoms with Crippen LogP contribution < -0.4 is 0 Å². The molecule has 90 valence electrons. The van der Waals surface area contributed by atoms with Gasteiger partial charge in [-0.05, 0) is 24.1 Å². The second-order valence-corrected chi connectivity index (χ2v) is 4.26. The van der Waals surface area contributed by atoms with Crippen LogP contribution in [0, 0.1) is 0 Å². The number of hydrogen-bond donors (Lipinski definition) is 1. The van der Waals surface area contributed by atoms with Gasteiger partial charge in [-0.25, -0.2) is 4.79 Å². The molecule has 0 saturated carbocycles. The van der Waals surface area contributed by atoms with Gasteiger partial charge in [0.1, 0.15) is 0 Å². The average Bonchev–Trinajstić information content (AvgIpc) is 2.63. The fraction of sp³-hybridized carbons (Fsp3) is 0.385. The van der Waals surface area contributed by atoms with Crippen LogP contribution in [0.2, 0.25) is 0 Å². The minimum Gasteiger partial charge on any atom is -0.478 e. The van der Waals surface area contributed by atoms with Crippen molar-refractivity contribution in [3.63, 3.8) is 0 Å². The van der Waals surface area contributed by atoms with Crippen molar-refractivity contribution in [1.29, 1.82) is 0 Å². The van der Waals surface area contributed by atoms with Gasteiger partial charge in [0.25, 0.3) is 5.91 Å². The van der Waals surface area contributed by atoms with Gasteiger partial charge in [0.15, 0.2) is 0 Å². The molecule has 1 aromatic rings. The molecule has 0 unspecified atom stereocenters. The fourth-order valence-corrected chi connectivity index (χ4v) is 2.02. The van der Waals surface area contributed by atoms with Crippen molar-refractivity contribution in [2.45, 2.75) is 26.3 Å². The first-order valence-corrected chi connectivity index (χ1v) is 5.79. The maximum absolute atomic E-state index is 12.0. The third-order valence-corrected chi connectivity index (χ3v) is 3.02. The molecule has 17 heavy (non-hydrogen) atoms. The Balaban J connectivity index is 2.23. The second kappa shape index (κ2) is 4.57. The monoisotopic (exact) mass is 233 g/mol. The van der Waals surface area contributed by atoms with E-state index in [-0.39, 0.29) is 11.5 Å². The summed E-state index contributed by atoms with van der Waals surface area (Å²) in [5.41, 5.74) is 1.64. The zero-order valence-corrected chi connectivity index (χ0v) is 9.77. The van der Waals surface area contributed by atoms with E-state index >= 15 is 0 Å². The molecule has 2 rings (SSSR count). The Kier molecular flexibility index (Phi) is 3.13. The van der Waals surface area contributed by atoms with E-state index in [1.807, 2.05) is 0 Å². The van der Waals surface area contributed by atoms with Crippen molar-refractivity contribution < 1.29 is 14.7 Å². The lowest BCUT2D eigenvalue weighted by Crippen LogP contribution is -2.24. The Hall–Kier alpha value is -1.84. The van der Waals surface area contributed by atoms with Crippen molar-refractivity contribution >= 4 is 11.9 Å². The number of carbonyl (C=O) groups is 2. The van der Waals surface area contributed by atoms with E-state index in [1.54, 1.807) is 17.0 Å². The summed E-state index contributed by atoms with van der Waals surface area (Å²) in [5, 5.41) is 8.88. The third-order valence-electron chi connectivity index (χ3n) is 3.02. The molecule has 4 heteroatoms. The first kappa shape index (κ1) is 11.6. The molecule has 0 spiro atoms. The van der Waals surface area contributed by atoms with Crippen LogP contribution in [0.25, 0.3) is 0 Å². The molecule has 1 amide bonds. The van der Waals surface area contributed by atoms with Crippen LogP contribution in [0.4, 0.5) is 0 Å². The Morgan fingerprint density at radius 3 is 2.88 bits per heavy atom. The summed E-state index contributed by atoms with van der Waals surface area (Å²) in [6.07, 6.45) is 2.02. The van der Waals surface area contributed by atoms with Crippen molar-refractivity contribution in [2.24, 2.45) is 0 Å². The minimum atomic E-state index is -0.993. The lowest BCUT2D eigenvalue weighted by molar-refractivity contribution is 0.0697. The number of nitrogens with zero attached hydrogens (tertiary/aromatic N) is 1. The van der Waals surface area contributed by atoms with Gasteiger partial charge >= 0.3 is 5.97 Å². The Bertz CT molecular complexity index is 468. The highest BCUT2D eigenvalue weighted by atomic mass is 16.4. The quantitative estimate of drug-likeness (QED) is 0.866. The van der Waals surface area contributed by atoms with Gasteiger partial charge in [-0.2, -0.15) is 0 Å². The lowest BCUT2D eigenvalue weighted by atomic mass is 10.1. The molecule has 1 aliphatic rings. The van der Waals surface area contributed by atoms with E-state index in [9.17, 15) is 9.59 Å². The topological polar surface area (TPSA) is 57.6 Å². The van der Waals surface area contributed by atoms with Crippen LogP contribution >= 0.6 is 0 Å². The van der Waals surface area contributed by atoms with Gasteiger partial charge in [-0.15, -0.1) is 0 Å². The summed E-state index contributed by atoms with van der Waals surface area (Å²) < 4.78 is 0. The van der Waals surface area contributed by atoms with Crippen molar-refractivity contribution in [1.82, 2.24) is 4.90 Å². The normalized spacial score (nSPS) is 13.9. The SMILES string of the molecule is CCCCN1Cc2ccc(C(=O)O)cc2C1=O. The molecule has 0 radical (unpaired) electrons. The van der Waals surface area contributed by atoms with E-state index < -0.39 is 5.97 Å². The van der Waals surface area contributed by atoms with Gasteiger partial charge in [0.05, 0.1) is 5.56 Å². The number of unbranched alkanes of at least 4 members (excludes halogenated alkanes) is 1. The summed E-state index contributed by atoms with van der Waals surface area (Å²) in [6, 6.07) is 4.77. The number of aromatic carboxylic acids is 1. The summed E-state index contributed by atoms with van der Waals surface area (Å²) in [6.45, 7) is 3.43. The maximum Gasteiger partial charge on any atom is 0.335 e. The minimum absolute atomic E-state index is 0.0449. The summed E-state index contributed by atoms with van der Waals surface area (Å²) in [5.74, 6) is -1.04. The van der Waals surface area contributed by atoms with Crippen LogP contribution in [0.1, 0.15) is 46.0 Å². The first-order chi connectivity index (χ1) is 8.13. The van der Waals surface area contributed by atoms with E-state index in [0.717, 1.165) is 24.9 Å². The van der Waals surface area contributed by atoms with E-state index in [0.29, 0.717) is 12.1 Å². The van der Waals surface area contributed by atoms with Gasteiger partial charge in [-0.1, -0.05) is 19.4 Å². The molecule has 1 heterocycles. The van der Waals surface area contributed by atoms with Gasteiger partial charge in [-0.3, -0.25) is 4.79 Å². The molecule has 4 nitrogen and oxygen atoms in total. The molecular weight excluding hydrogens is 218 g/mol. The number of carbonyl (C=O) groups excluding carboxylic acids is 1. The van der Waals surface area contributed by atoms with Crippen molar-refractivity contribution in [3.8, 4) is 0 Å². The number of carboxylic acid groups (broad SMARTS) is 1. The third kappa shape index (κ3) is 2.16. The van der Waals surface area contributed by atoms with Gasteiger partial charge < -0.3 is 10.0 Å². The van der Waals surface area contributed by atoms with Crippen molar-refractivity contribution in [3.05, 3.63) is 34.9 Å². The predicted molar refractivity (Wildman–Crippen MR) is 63.0 cm³/mol. The molecule has 1 aliphatic heterocycles. The Morgan fingerprint density at radius 2 is 2.24 bits per heavy atom. The zero-order chi connectivity index (χ0) is 12.4. The smallest absolute Gasteiger partial charge is 0.335 e. The summed E-state index contributed by atoms with van der Waals surface area (Å²) >= 11 is 0. The van der Waals surface area contributed by atoms with Crippen LogP contribution in [0.5, 0.6) is 0 Å². The number of hydrogen-bond acceptors (Lipinski definition) is 2. The predicted octanol–water partition coefficient (Wildman–Crippen LogP) is 2.14. The van der Waals surface area contributed by atoms with Gasteiger partial charge in [0.2, 0.25) is 0 Å². The largest absolute Gasteiger partial charge is 0.478 e. The van der Waals surface area contributed by atoms with E-state index in [4.69, 9.17) is 5.11 Å². The van der Waals surface area contributed by atoms with Crippen LogP contribution in [0.15, 0.2) is 18.2 Å². The highest BCUT2D eigenvalue weighted by Crippen LogP contribution is 2.24. The van der Waals surface area contributed by atoms with E-state index in [2.05, 4.69) is 6.92 Å². The highest BCUT2D eigenvalue weighted by Gasteiger charge is 2.27. The number of fused-ring (bicyclic) bond motifs is 1. The number of benzene rings is 1. The molecule has 0 fully saturated rings. The maximum atomic E-state index is 12.0. The Morgan fingerprint density at radius 1 is 1.47 bits per heavy atom. The fourth-order valence-electron chi connectivity index (χ4n) is 2.02. The Labute approximate surface area is 99.9 Å². The van der Waals surface area contributed by atoms with Crippen LogP contribution in [-0.2, 0) is 6.54 Å². The zero-order valence-electron chi connectivity index (χ0n) is 9.77. The highest BCUT2D eigenvalue weighted by molar-refractivity contribution is 6.00. The van der Waals surface area contributed by atoms with Crippen LogP contribution in [-0.4, -0.2) is 28.4 Å². The lowest BCUT2D eigenvalue weighted by Gasteiger charge is -2.14. The summed E-state index contributed by atoms with van der Waals surface area (Å²) in [4.78, 5) is 24.6. The molecule has 0 bridgehead atoms. The first-order valence-electron chi connectivity index (χ1n) is 5.79. The van der Waals surface area contributed by atoms with Crippen molar-refractivity contribution in [2.75, 3.05) is 6.54 Å². The molecule has 0 saturated heterocycles. The number of amides is 1. The summed E-state index contributed by atoms with van der Waals surface area (Å²) in [7, 11) is 0. The average molecular weight is 233 g/mol. The molecule has 0 atom stereocenters. The molecule has 0 aromatic heterocycles. The number of carboxylic acids is 1. The van der Waals surface area contributed by atoms with E-state index in [1.165, 1.54) is 6.07 Å². The standard InChI is InChI=1S/C13H15NO3/c1-2-3-6-14-8-10-5-4-9(13(16)17)7-11(10)12(14)15/h4-5,7H,2-3,6,8H2,1H3,(H,16,17). The molecule has 0 aliphatic carbocycles. The molecular formula is C13H15NO3. The number of rotatable bonds is 4. The second-order valence-electron chi connectivity index (χ2n) is 4.26. The molecule has 1 aromatic carbocycles.